The topological polar surface area (TPSA) is 147 Å². The number of nitrogens with one attached hydrogen (secondary N) is 2. The Kier molecular flexibility index (Phi) is 11.6. The molecule has 5 heterocycles. The number of pyridine rings is 1. The molecule has 2 aromatic carbocycles. The summed E-state index contributed by atoms with van der Waals surface area (Å²) in [7, 11) is -5.21. The van der Waals surface area contributed by atoms with E-state index in [0.29, 0.717) is 49.9 Å². The van der Waals surface area contributed by atoms with E-state index in [1.807, 2.05) is 18.3 Å². The fourth-order valence-electron chi connectivity index (χ4n) is 7.61. The van der Waals surface area contributed by atoms with Crippen LogP contribution in [-0.4, -0.2) is 82.3 Å². The minimum atomic E-state index is -5.21. The summed E-state index contributed by atoms with van der Waals surface area (Å²) < 4.78 is 58.2. The number of benzene rings is 2. The molecular formula is C40H44F2N5O7PS. The third kappa shape index (κ3) is 7.94. The Morgan fingerprint density at radius 3 is 2.55 bits per heavy atom. The molecule has 2 N–H and O–H groups in total. The van der Waals surface area contributed by atoms with Crippen molar-refractivity contribution in [3.8, 4) is 5.75 Å². The molecule has 0 radical (unpaired) electrons. The number of halogens is 2. The van der Waals surface area contributed by atoms with Gasteiger partial charge in [0.2, 0.25) is 11.8 Å². The Balaban J connectivity index is 1.06. The lowest BCUT2D eigenvalue weighted by Gasteiger charge is -2.42. The molecule has 3 saturated heterocycles. The second kappa shape index (κ2) is 16.4. The van der Waals surface area contributed by atoms with E-state index in [9.17, 15) is 23.7 Å². The van der Waals surface area contributed by atoms with Crippen LogP contribution in [-0.2, 0) is 29.3 Å². The summed E-state index contributed by atoms with van der Waals surface area (Å²) in [5.74, 6) is -1.66. The van der Waals surface area contributed by atoms with Gasteiger partial charge in [0.1, 0.15) is 23.9 Å². The normalized spacial score (nSPS) is 21.7. The summed E-state index contributed by atoms with van der Waals surface area (Å²) in [6, 6.07) is 13.5. The minimum Gasteiger partial charge on any atom is -0.465 e. The zero-order valence-electron chi connectivity index (χ0n) is 31.1. The summed E-state index contributed by atoms with van der Waals surface area (Å²) in [4.78, 5) is 61.7. The van der Waals surface area contributed by atoms with Crippen LogP contribution in [0.5, 0.6) is 5.75 Å². The van der Waals surface area contributed by atoms with E-state index >= 15 is 8.78 Å². The van der Waals surface area contributed by atoms with Gasteiger partial charge in [-0.25, -0.2) is 5.09 Å². The maximum absolute atomic E-state index is 16.5. The van der Waals surface area contributed by atoms with Crippen molar-refractivity contribution in [1.29, 1.82) is 0 Å². The standard InChI is InChI=1S/C40H44F2N5O7PS/c1-3-19-53-39(51)25(2)45-55(52,54-31-11-5-4-6-12-31)40(41,42)29-14-17-34-27(20-29)21-35(56-34)36(48)44-32-13-7-10-30-15-16-33(47(30)37(32)49)38(50)46-23-28(24-46)26-9-8-18-43-22-26/h4-6,8-9,11-12,14,17-18,20-22,25,28,30,32-33H,3,7,10,13,15-16,19,23-24H2,1-2H3,(H,44,48)(H,45,52)/t25-,30-,32?,33?,55?/m0/s1. The quantitative estimate of drug-likeness (QED) is 0.110. The molecule has 16 heteroatoms. The molecule has 3 unspecified atom stereocenters. The predicted octanol–water partition coefficient (Wildman–Crippen LogP) is 6.82. The summed E-state index contributed by atoms with van der Waals surface area (Å²) in [5, 5.41) is 5.40. The number of carbonyl (C=O) groups excluding carboxylic acids is 4. The van der Waals surface area contributed by atoms with E-state index < -0.39 is 48.7 Å². The molecule has 12 nitrogen and oxygen atoms in total. The largest absolute Gasteiger partial charge is 0.465 e. The third-order valence-electron chi connectivity index (χ3n) is 10.6. The number of amides is 3. The van der Waals surface area contributed by atoms with Crippen molar-refractivity contribution >= 4 is 52.6 Å². The number of hydrogen-bond donors (Lipinski definition) is 2. The van der Waals surface area contributed by atoms with Gasteiger partial charge in [0.25, 0.3) is 5.91 Å². The first kappa shape index (κ1) is 39.5. The lowest BCUT2D eigenvalue weighted by atomic mass is 9.92. The summed E-state index contributed by atoms with van der Waals surface area (Å²) in [6.07, 6.45) is 7.13. The SMILES string of the molecule is CCCOC(=O)[C@H](C)NP(=O)(Oc1ccccc1)C(F)(F)c1ccc2sc(C(=O)NC3CCC[C@H]4CCC(C(=O)N5CC(c6cccnc6)C5)N4C3=O)cc2c1. The molecule has 2 aromatic heterocycles. The van der Waals surface area contributed by atoms with Crippen LogP contribution in [0.25, 0.3) is 10.1 Å². The summed E-state index contributed by atoms with van der Waals surface area (Å²) in [6.45, 7) is 4.25. The molecule has 0 spiro atoms. The van der Waals surface area contributed by atoms with Gasteiger partial charge in [-0.05, 0) is 92.8 Å². The maximum atomic E-state index is 16.5. The number of nitrogens with zero attached hydrogens (tertiary/aromatic N) is 3. The van der Waals surface area contributed by atoms with Crippen molar-refractivity contribution < 1.29 is 41.8 Å². The number of carbonyl (C=O) groups is 4. The monoisotopic (exact) mass is 807 g/mol. The predicted molar refractivity (Wildman–Crippen MR) is 207 cm³/mol. The number of aromatic nitrogens is 1. The molecule has 4 aromatic rings. The molecule has 3 aliphatic rings. The Morgan fingerprint density at radius 2 is 1.82 bits per heavy atom. The van der Waals surface area contributed by atoms with E-state index in [1.165, 1.54) is 43.3 Å². The van der Waals surface area contributed by atoms with Crippen molar-refractivity contribution in [2.45, 2.75) is 88.1 Å². The molecule has 0 bridgehead atoms. The lowest BCUT2D eigenvalue weighted by Crippen LogP contribution is -2.58. The fourth-order valence-corrected chi connectivity index (χ4v) is 10.4. The van der Waals surface area contributed by atoms with Crippen LogP contribution in [0.15, 0.2) is 79.1 Å². The zero-order chi connectivity index (χ0) is 39.6. The summed E-state index contributed by atoms with van der Waals surface area (Å²) in [5.41, 5.74) is -3.71. The summed E-state index contributed by atoms with van der Waals surface area (Å²) >= 11 is 1.07. The molecule has 3 aliphatic heterocycles. The van der Waals surface area contributed by atoms with Gasteiger partial charge >= 0.3 is 19.2 Å². The molecular weight excluding hydrogens is 764 g/mol. The van der Waals surface area contributed by atoms with Gasteiger partial charge < -0.3 is 24.4 Å². The number of hydrogen-bond acceptors (Lipinski definition) is 9. The van der Waals surface area contributed by atoms with Crippen molar-refractivity contribution in [2.24, 2.45) is 0 Å². The Morgan fingerprint density at radius 1 is 1.04 bits per heavy atom. The Labute approximate surface area is 327 Å². The number of alkyl halides is 2. The van der Waals surface area contributed by atoms with Crippen LogP contribution in [0.2, 0.25) is 0 Å². The van der Waals surface area contributed by atoms with E-state index in [0.717, 1.165) is 35.5 Å². The average Bonchev–Trinajstić information content (AvgIpc) is 3.77. The molecule has 0 saturated carbocycles. The number of likely N-dealkylation sites (tertiary alicyclic amines) is 1. The van der Waals surface area contributed by atoms with Gasteiger partial charge in [0, 0.05) is 47.7 Å². The number of ether oxygens (including phenoxy) is 1. The van der Waals surface area contributed by atoms with Gasteiger partial charge in [-0.2, -0.15) is 8.78 Å². The maximum Gasteiger partial charge on any atom is 0.390 e. The molecule has 56 heavy (non-hydrogen) atoms. The Bertz CT molecular complexity index is 2130. The zero-order valence-corrected chi connectivity index (χ0v) is 32.8. The number of thiophene rings is 1. The number of fused-ring (bicyclic) bond motifs is 2. The highest BCUT2D eigenvalue weighted by Crippen LogP contribution is 2.63. The average molecular weight is 808 g/mol. The van der Waals surface area contributed by atoms with E-state index in [1.54, 1.807) is 29.0 Å². The van der Waals surface area contributed by atoms with E-state index in [2.05, 4.69) is 15.4 Å². The second-order valence-corrected chi connectivity index (χ2v) is 17.7. The molecule has 3 amide bonds. The highest BCUT2D eigenvalue weighted by Gasteiger charge is 2.56. The first-order valence-corrected chi connectivity index (χ1v) is 21.4. The highest BCUT2D eigenvalue weighted by atomic mass is 32.1. The van der Waals surface area contributed by atoms with Crippen molar-refractivity contribution in [2.75, 3.05) is 19.7 Å². The van der Waals surface area contributed by atoms with Gasteiger partial charge in [-0.1, -0.05) is 37.3 Å². The van der Waals surface area contributed by atoms with Crippen molar-refractivity contribution in [1.82, 2.24) is 25.2 Å². The van der Waals surface area contributed by atoms with Crippen molar-refractivity contribution in [3.05, 3.63) is 95.1 Å². The van der Waals surface area contributed by atoms with Crippen LogP contribution < -0.4 is 14.9 Å². The molecule has 0 aliphatic carbocycles. The minimum absolute atomic E-state index is 0.0662. The Hall–Kier alpha value is -4.72. The number of rotatable bonds is 13. The first-order valence-electron chi connectivity index (χ1n) is 18.9. The van der Waals surface area contributed by atoms with Crippen molar-refractivity contribution in [3.63, 3.8) is 0 Å². The van der Waals surface area contributed by atoms with Gasteiger partial charge in [0.15, 0.2) is 0 Å². The van der Waals surface area contributed by atoms with Gasteiger partial charge in [0.05, 0.1) is 11.5 Å². The van der Waals surface area contributed by atoms with E-state index in [-0.39, 0.29) is 46.4 Å². The van der Waals surface area contributed by atoms with Crippen LogP contribution in [0.4, 0.5) is 8.78 Å². The first-order chi connectivity index (χ1) is 26.9. The highest BCUT2D eigenvalue weighted by molar-refractivity contribution is 7.58. The van der Waals surface area contributed by atoms with Crippen LogP contribution >= 0.6 is 18.9 Å². The number of para-hydroxylation sites is 1. The second-order valence-electron chi connectivity index (χ2n) is 14.6. The number of esters is 1. The third-order valence-corrected chi connectivity index (χ3v) is 13.9. The van der Waals surface area contributed by atoms with Crippen LogP contribution in [0, 0.1) is 0 Å². The van der Waals surface area contributed by atoms with Gasteiger partial charge in [-0.15, -0.1) is 11.3 Å². The molecule has 5 atom stereocenters. The lowest BCUT2D eigenvalue weighted by molar-refractivity contribution is -0.148. The van der Waals surface area contributed by atoms with E-state index in [4.69, 9.17) is 9.26 Å². The molecule has 3 fully saturated rings. The molecule has 7 rings (SSSR count). The van der Waals surface area contributed by atoms with Crippen LogP contribution in [0.3, 0.4) is 0 Å². The molecule has 296 valence electrons. The van der Waals surface area contributed by atoms with Gasteiger partial charge in [-0.3, -0.25) is 28.7 Å². The fraction of sp³-hybridized carbons (Fsp3) is 0.425. The smallest absolute Gasteiger partial charge is 0.390 e. The van der Waals surface area contributed by atoms with Crippen LogP contribution in [0.1, 0.15) is 79.1 Å².